The maximum atomic E-state index is 11.9. The Morgan fingerprint density at radius 3 is 2.71 bits per heavy atom. The van der Waals surface area contributed by atoms with Gasteiger partial charge in [-0.15, -0.1) is 0 Å². The molecule has 1 aliphatic rings. The Morgan fingerprint density at radius 1 is 1.41 bits per heavy atom. The first-order valence-electron chi connectivity index (χ1n) is 5.95. The minimum Gasteiger partial charge on any atom is -0.348 e. The Balaban J connectivity index is 1.94. The Labute approximate surface area is 106 Å². The van der Waals surface area contributed by atoms with Crippen LogP contribution in [0, 0.1) is 5.92 Å². The molecule has 92 valence electrons. The second kappa shape index (κ2) is 5.45. The van der Waals surface area contributed by atoms with E-state index in [4.69, 9.17) is 11.6 Å². The highest BCUT2D eigenvalue weighted by atomic mass is 35.5. The fraction of sp³-hybridized carbons (Fsp3) is 0.583. The maximum absolute atomic E-state index is 11.9. The molecule has 1 fully saturated rings. The van der Waals surface area contributed by atoms with Crippen LogP contribution in [0.1, 0.15) is 43.1 Å². The first-order valence-corrected chi connectivity index (χ1v) is 6.33. The molecule has 1 aliphatic carbocycles. The van der Waals surface area contributed by atoms with Crippen LogP contribution in [-0.4, -0.2) is 21.9 Å². The van der Waals surface area contributed by atoms with E-state index in [1.807, 2.05) is 0 Å². The van der Waals surface area contributed by atoms with E-state index >= 15 is 0 Å². The zero-order valence-electron chi connectivity index (χ0n) is 9.82. The monoisotopic (exact) mass is 253 g/mol. The molecule has 0 radical (unpaired) electrons. The van der Waals surface area contributed by atoms with Gasteiger partial charge >= 0.3 is 0 Å². The van der Waals surface area contributed by atoms with Crippen LogP contribution in [0.2, 0.25) is 5.15 Å². The predicted molar refractivity (Wildman–Crippen MR) is 65.9 cm³/mol. The summed E-state index contributed by atoms with van der Waals surface area (Å²) in [6.07, 6.45) is 7.73. The average Bonchev–Trinajstić information content (AvgIpc) is 2.83. The van der Waals surface area contributed by atoms with E-state index in [-0.39, 0.29) is 11.9 Å². The van der Waals surface area contributed by atoms with Crippen LogP contribution in [0.25, 0.3) is 0 Å². The Morgan fingerprint density at radius 2 is 2.12 bits per heavy atom. The molecule has 0 aliphatic heterocycles. The summed E-state index contributed by atoms with van der Waals surface area (Å²) in [5.41, 5.74) is 0.319. The average molecular weight is 254 g/mol. The van der Waals surface area contributed by atoms with Crippen molar-refractivity contribution < 1.29 is 4.79 Å². The molecule has 1 heterocycles. The lowest BCUT2D eigenvalue weighted by molar-refractivity contribution is 0.0921. The van der Waals surface area contributed by atoms with Gasteiger partial charge in [0.25, 0.3) is 5.91 Å². The number of aromatic nitrogens is 2. The van der Waals surface area contributed by atoms with E-state index in [9.17, 15) is 4.79 Å². The summed E-state index contributed by atoms with van der Waals surface area (Å²) >= 11 is 5.62. The van der Waals surface area contributed by atoms with Crippen molar-refractivity contribution >= 4 is 17.5 Å². The van der Waals surface area contributed by atoms with Gasteiger partial charge in [0.1, 0.15) is 10.8 Å². The van der Waals surface area contributed by atoms with Crippen LogP contribution in [0.3, 0.4) is 0 Å². The molecule has 5 heteroatoms. The van der Waals surface area contributed by atoms with E-state index in [1.54, 1.807) is 0 Å². The molecule has 1 N–H and O–H groups in total. The van der Waals surface area contributed by atoms with Gasteiger partial charge in [0.05, 0.1) is 12.4 Å². The highest BCUT2D eigenvalue weighted by molar-refractivity contribution is 6.29. The number of hydrogen-bond donors (Lipinski definition) is 1. The van der Waals surface area contributed by atoms with Crippen molar-refractivity contribution in [2.75, 3.05) is 0 Å². The Bertz CT molecular complexity index is 387. The maximum Gasteiger partial charge on any atom is 0.271 e. The van der Waals surface area contributed by atoms with Crippen LogP contribution in [0.4, 0.5) is 0 Å². The third-order valence-electron chi connectivity index (χ3n) is 3.32. The van der Waals surface area contributed by atoms with Crippen LogP contribution in [0.15, 0.2) is 12.4 Å². The zero-order chi connectivity index (χ0) is 12.3. The van der Waals surface area contributed by atoms with Crippen molar-refractivity contribution in [3.05, 3.63) is 23.2 Å². The molecule has 0 saturated heterocycles. The number of halogens is 1. The highest BCUT2D eigenvalue weighted by Crippen LogP contribution is 2.27. The van der Waals surface area contributed by atoms with Crippen LogP contribution in [-0.2, 0) is 0 Å². The Hall–Kier alpha value is -1.16. The lowest BCUT2D eigenvalue weighted by Gasteiger charge is -2.19. The van der Waals surface area contributed by atoms with Gasteiger partial charge < -0.3 is 5.32 Å². The molecule has 1 aromatic rings. The number of carbonyl (C=O) groups is 1. The highest BCUT2D eigenvalue weighted by Gasteiger charge is 2.23. The molecule has 1 unspecified atom stereocenters. The first-order chi connectivity index (χ1) is 8.16. The normalized spacial score (nSPS) is 18.0. The van der Waals surface area contributed by atoms with Crippen molar-refractivity contribution in [3.8, 4) is 0 Å². The molecular formula is C12H16ClN3O. The standard InChI is InChI=1S/C12H16ClN3O/c1-8(9-4-2-3-5-9)16-12(17)10-6-15-11(13)7-14-10/h6-9H,2-5H2,1H3,(H,16,17). The molecule has 1 atom stereocenters. The summed E-state index contributed by atoms with van der Waals surface area (Å²) < 4.78 is 0. The van der Waals surface area contributed by atoms with E-state index in [0.29, 0.717) is 16.8 Å². The van der Waals surface area contributed by atoms with Crippen molar-refractivity contribution in [3.63, 3.8) is 0 Å². The number of nitrogens with one attached hydrogen (secondary N) is 1. The first kappa shape index (κ1) is 12.3. The summed E-state index contributed by atoms with van der Waals surface area (Å²) in [6.45, 7) is 2.05. The van der Waals surface area contributed by atoms with Gasteiger partial charge in [-0.1, -0.05) is 24.4 Å². The molecule has 1 saturated carbocycles. The molecule has 0 spiro atoms. The predicted octanol–water partition coefficient (Wildman–Crippen LogP) is 2.44. The topological polar surface area (TPSA) is 54.9 Å². The van der Waals surface area contributed by atoms with Crippen LogP contribution < -0.4 is 5.32 Å². The van der Waals surface area contributed by atoms with Gasteiger partial charge in [-0.25, -0.2) is 9.97 Å². The second-order valence-electron chi connectivity index (χ2n) is 4.53. The summed E-state index contributed by atoms with van der Waals surface area (Å²) in [7, 11) is 0. The van der Waals surface area contributed by atoms with Crippen molar-refractivity contribution in [2.24, 2.45) is 5.92 Å². The van der Waals surface area contributed by atoms with Gasteiger partial charge in [-0.05, 0) is 25.7 Å². The summed E-state index contributed by atoms with van der Waals surface area (Å²) in [5, 5.41) is 3.27. The quantitative estimate of drug-likeness (QED) is 0.900. The zero-order valence-corrected chi connectivity index (χ0v) is 10.6. The second-order valence-corrected chi connectivity index (χ2v) is 4.92. The Kier molecular flexibility index (Phi) is 3.94. The number of hydrogen-bond acceptors (Lipinski definition) is 3. The molecule has 1 aromatic heterocycles. The van der Waals surface area contributed by atoms with Crippen molar-refractivity contribution in [1.29, 1.82) is 0 Å². The molecule has 1 amide bonds. The summed E-state index contributed by atoms with van der Waals surface area (Å²) in [5.74, 6) is 0.424. The van der Waals surface area contributed by atoms with E-state index in [1.165, 1.54) is 38.1 Å². The largest absolute Gasteiger partial charge is 0.348 e. The minimum atomic E-state index is -0.173. The molecule has 17 heavy (non-hydrogen) atoms. The van der Waals surface area contributed by atoms with E-state index in [0.717, 1.165) is 0 Å². The smallest absolute Gasteiger partial charge is 0.271 e. The van der Waals surface area contributed by atoms with Crippen LogP contribution >= 0.6 is 11.6 Å². The van der Waals surface area contributed by atoms with E-state index < -0.39 is 0 Å². The van der Waals surface area contributed by atoms with E-state index in [2.05, 4.69) is 22.2 Å². The van der Waals surface area contributed by atoms with Crippen molar-refractivity contribution in [2.45, 2.75) is 38.6 Å². The van der Waals surface area contributed by atoms with Gasteiger partial charge in [-0.2, -0.15) is 0 Å². The fourth-order valence-electron chi connectivity index (χ4n) is 2.29. The molecule has 0 aromatic carbocycles. The lowest BCUT2D eigenvalue weighted by atomic mass is 10.00. The summed E-state index contributed by atoms with van der Waals surface area (Å²) in [6, 6.07) is 0.197. The number of rotatable bonds is 3. The molecule has 0 bridgehead atoms. The van der Waals surface area contributed by atoms with Gasteiger partial charge in [0.2, 0.25) is 0 Å². The van der Waals surface area contributed by atoms with Gasteiger partial charge in [0.15, 0.2) is 0 Å². The third-order valence-corrected chi connectivity index (χ3v) is 3.51. The van der Waals surface area contributed by atoms with Crippen molar-refractivity contribution in [1.82, 2.24) is 15.3 Å². The molecule has 2 rings (SSSR count). The lowest BCUT2D eigenvalue weighted by Crippen LogP contribution is -2.37. The van der Waals surface area contributed by atoms with Gasteiger partial charge in [-0.3, -0.25) is 4.79 Å². The minimum absolute atomic E-state index is 0.173. The third kappa shape index (κ3) is 3.16. The molecular weight excluding hydrogens is 238 g/mol. The number of amides is 1. The van der Waals surface area contributed by atoms with Gasteiger partial charge in [0, 0.05) is 6.04 Å². The summed E-state index contributed by atoms with van der Waals surface area (Å²) in [4.78, 5) is 19.7. The number of carbonyl (C=O) groups excluding carboxylic acids is 1. The fourth-order valence-corrected chi connectivity index (χ4v) is 2.38. The SMILES string of the molecule is CC(NC(=O)c1cnc(Cl)cn1)C1CCCC1. The number of nitrogens with zero attached hydrogens (tertiary/aromatic N) is 2. The van der Waals surface area contributed by atoms with Crippen LogP contribution in [0.5, 0.6) is 0 Å². The molecule has 4 nitrogen and oxygen atoms in total.